The Bertz CT molecular complexity index is 371. The topological polar surface area (TPSA) is 21.3 Å². The van der Waals surface area contributed by atoms with E-state index in [1.54, 1.807) is 6.07 Å². The molecule has 1 atom stereocenters. The first-order chi connectivity index (χ1) is 8.50. The highest BCUT2D eigenvalue weighted by molar-refractivity contribution is 9.10. The zero-order chi connectivity index (χ0) is 13.5. The molecule has 1 aromatic carbocycles. The second-order valence-corrected chi connectivity index (χ2v) is 5.73. The molecule has 18 heavy (non-hydrogen) atoms. The fourth-order valence-electron chi connectivity index (χ4n) is 1.62. The molecule has 1 rings (SSSR count). The van der Waals surface area contributed by atoms with E-state index in [1.165, 1.54) is 6.07 Å². The minimum absolute atomic E-state index is 0.0230. The molecule has 1 aromatic rings. The van der Waals surface area contributed by atoms with Gasteiger partial charge in [-0.25, -0.2) is 4.39 Å². The van der Waals surface area contributed by atoms with Crippen molar-refractivity contribution in [2.45, 2.75) is 26.8 Å². The van der Waals surface area contributed by atoms with Crippen LogP contribution in [-0.2, 0) is 4.74 Å². The van der Waals surface area contributed by atoms with Gasteiger partial charge in [-0.2, -0.15) is 0 Å². The molecule has 0 amide bonds. The monoisotopic (exact) mass is 317 g/mol. The zero-order valence-corrected chi connectivity index (χ0v) is 12.8. The molecule has 102 valence electrons. The molecule has 0 fully saturated rings. The maximum atomic E-state index is 13.6. The molecule has 1 N–H and O–H groups in total. The van der Waals surface area contributed by atoms with Gasteiger partial charge in [-0.05, 0) is 31.0 Å². The van der Waals surface area contributed by atoms with Gasteiger partial charge >= 0.3 is 0 Å². The van der Waals surface area contributed by atoms with Crippen molar-refractivity contribution >= 4 is 15.9 Å². The van der Waals surface area contributed by atoms with Crippen molar-refractivity contribution in [2.75, 3.05) is 19.8 Å². The van der Waals surface area contributed by atoms with Crippen molar-refractivity contribution in [3.63, 3.8) is 0 Å². The number of halogens is 2. The van der Waals surface area contributed by atoms with Crippen LogP contribution in [0.5, 0.6) is 0 Å². The molecule has 0 aliphatic carbocycles. The average molecular weight is 318 g/mol. The van der Waals surface area contributed by atoms with E-state index in [2.05, 4.69) is 35.1 Å². The summed E-state index contributed by atoms with van der Waals surface area (Å²) in [7, 11) is 0. The number of benzene rings is 1. The summed E-state index contributed by atoms with van der Waals surface area (Å²) < 4.78 is 20.0. The van der Waals surface area contributed by atoms with Gasteiger partial charge in [0.25, 0.3) is 0 Å². The fraction of sp³-hybridized carbons (Fsp3) is 0.571. The highest BCUT2D eigenvalue weighted by atomic mass is 79.9. The minimum Gasteiger partial charge on any atom is -0.380 e. The Kier molecular flexibility index (Phi) is 6.82. The summed E-state index contributed by atoms with van der Waals surface area (Å²) in [5.41, 5.74) is 0.674. The van der Waals surface area contributed by atoms with Crippen molar-refractivity contribution in [3.05, 3.63) is 34.1 Å². The van der Waals surface area contributed by atoms with Gasteiger partial charge in [0.05, 0.1) is 6.61 Å². The number of hydrogen-bond acceptors (Lipinski definition) is 2. The van der Waals surface area contributed by atoms with Crippen LogP contribution < -0.4 is 5.32 Å². The number of ether oxygens (including phenoxy) is 1. The molecule has 0 bridgehead atoms. The maximum absolute atomic E-state index is 13.6. The Morgan fingerprint density at radius 2 is 2.06 bits per heavy atom. The largest absolute Gasteiger partial charge is 0.380 e. The maximum Gasteiger partial charge on any atom is 0.128 e. The van der Waals surface area contributed by atoms with Crippen molar-refractivity contribution < 1.29 is 9.13 Å². The van der Waals surface area contributed by atoms with E-state index in [0.29, 0.717) is 18.1 Å². The summed E-state index contributed by atoms with van der Waals surface area (Å²) in [6.45, 7) is 8.33. The summed E-state index contributed by atoms with van der Waals surface area (Å²) in [4.78, 5) is 0. The lowest BCUT2D eigenvalue weighted by molar-refractivity contribution is 0.110. The molecular weight excluding hydrogens is 297 g/mol. The normalized spacial score (nSPS) is 13.0. The molecule has 4 heteroatoms. The van der Waals surface area contributed by atoms with E-state index in [-0.39, 0.29) is 11.9 Å². The average Bonchev–Trinajstić information content (AvgIpc) is 2.31. The Morgan fingerprint density at radius 3 is 2.72 bits per heavy atom. The fourth-order valence-corrected chi connectivity index (χ4v) is 2.00. The Balaban J connectivity index is 2.36. The first-order valence-corrected chi connectivity index (χ1v) is 7.06. The first-order valence-electron chi connectivity index (χ1n) is 6.26. The van der Waals surface area contributed by atoms with Crippen molar-refractivity contribution in [1.82, 2.24) is 5.32 Å². The summed E-state index contributed by atoms with van der Waals surface area (Å²) in [6.07, 6.45) is 0. The third kappa shape index (κ3) is 5.46. The van der Waals surface area contributed by atoms with Gasteiger partial charge in [-0.1, -0.05) is 29.8 Å². The molecule has 2 nitrogen and oxygen atoms in total. The summed E-state index contributed by atoms with van der Waals surface area (Å²) >= 11 is 3.35. The Labute approximate surface area is 117 Å². The SMILES string of the molecule is CC(C)COCCNC(C)c1cc(Br)ccc1F. The van der Waals surface area contributed by atoms with Crippen LogP contribution in [-0.4, -0.2) is 19.8 Å². The van der Waals surface area contributed by atoms with Crippen LogP contribution in [0.1, 0.15) is 32.4 Å². The molecule has 0 radical (unpaired) electrons. The molecule has 0 spiro atoms. The molecular formula is C14H21BrFNO. The van der Waals surface area contributed by atoms with Crippen LogP contribution in [0, 0.1) is 11.7 Å². The quantitative estimate of drug-likeness (QED) is 0.770. The van der Waals surface area contributed by atoms with Crippen LogP contribution >= 0.6 is 15.9 Å². The van der Waals surface area contributed by atoms with Crippen LogP contribution in [0.3, 0.4) is 0 Å². The summed E-state index contributed by atoms with van der Waals surface area (Å²) in [6, 6.07) is 4.97. The lowest BCUT2D eigenvalue weighted by Gasteiger charge is -2.16. The van der Waals surface area contributed by atoms with Crippen LogP contribution in [0.2, 0.25) is 0 Å². The summed E-state index contributed by atoms with van der Waals surface area (Å²) in [5, 5.41) is 3.25. The second kappa shape index (κ2) is 7.87. The van der Waals surface area contributed by atoms with Crippen molar-refractivity contribution in [1.29, 1.82) is 0 Å². The summed E-state index contributed by atoms with van der Waals surface area (Å²) in [5.74, 6) is 0.367. The van der Waals surface area contributed by atoms with Crippen LogP contribution in [0.4, 0.5) is 4.39 Å². The second-order valence-electron chi connectivity index (χ2n) is 4.81. The predicted molar refractivity (Wildman–Crippen MR) is 76.2 cm³/mol. The van der Waals surface area contributed by atoms with Crippen molar-refractivity contribution in [3.8, 4) is 0 Å². The van der Waals surface area contributed by atoms with E-state index in [1.807, 2.05) is 13.0 Å². The molecule has 0 heterocycles. The van der Waals surface area contributed by atoms with Gasteiger partial charge in [-0.3, -0.25) is 0 Å². The van der Waals surface area contributed by atoms with Gasteiger partial charge in [-0.15, -0.1) is 0 Å². The standard InChI is InChI=1S/C14H21BrFNO/c1-10(2)9-18-7-6-17-11(3)13-8-12(15)4-5-14(13)16/h4-5,8,10-11,17H,6-7,9H2,1-3H3. The zero-order valence-electron chi connectivity index (χ0n) is 11.2. The van der Waals surface area contributed by atoms with Crippen molar-refractivity contribution in [2.24, 2.45) is 5.92 Å². The molecule has 0 saturated carbocycles. The minimum atomic E-state index is -0.179. The third-order valence-electron chi connectivity index (χ3n) is 2.57. The van der Waals surface area contributed by atoms with E-state index >= 15 is 0 Å². The van der Waals surface area contributed by atoms with Crippen LogP contribution in [0.15, 0.2) is 22.7 Å². The number of rotatable bonds is 7. The highest BCUT2D eigenvalue weighted by Crippen LogP contribution is 2.21. The molecule has 0 saturated heterocycles. The predicted octanol–water partition coefficient (Wildman–Crippen LogP) is 3.91. The lowest BCUT2D eigenvalue weighted by Crippen LogP contribution is -2.24. The molecule has 0 aromatic heterocycles. The van der Waals surface area contributed by atoms with Crippen LogP contribution in [0.25, 0.3) is 0 Å². The van der Waals surface area contributed by atoms with E-state index in [0.717, 1.165) is 17.6 Å². The van der Waals surface area contributed by atoms with Gasteiger partial charge in [0.2, 0.25) is 0 Å². The molecule has 1 unspecified atom stereocenters. The smallest absolute Gasteiger partial charge is 0.128 e. The molecule has 0 aliphatic rings. The number of hydrogen-bond donors (Lipinski definition) is 1. The Hall–Kier alpha value is -0.450. The van der Waals surface area contributed by atoms with Gasteiger partial charge in [0, 0.05) is 29.2 Å². The van der Waals surface area contributed by atoms with E-state index in [4.69, 9.17) is 4.74 Å². The van der Waals surface area contributed by atoms with E-state index in [9.17, 15) is 4.39 Å². The third-order valence-corrected chi connectivity index (χ3v) is 3.07. The Morgan fingerprint density at radius 1 is 1.33 bits per heavy atom. The van der Waals surface area contributed by atoms with E-state index < -0.39 is 0 Å². The van der Waals surface area contributed by atoms with Gasteiger partial charge < -0.3 is 10.1 Å². The highest BCUT2D eigenvalue weighted by Gasteiger charge is 2.10. The first kappa shape index (κ1) is 15.6. The number of nitrogens with one attached hydrogen (secondary N) is 1. The van der Waals surface area contributed by atoms with Gasteiger partial charge in [0.15, 0.2) is 0 Å². The molecule has 0 aliphatic heterocycles. The lowest BCUT2D eigenvalue weighted by atomic mass is 10.1. The van der Waals surface area contributed by atoms with Gasteiger partial charge in [0.1, 0.15) is 5.82 Å².